The molecular weight excluding hydrogens is 308 g/mol. The third-order valence-corrected chi connectivity index (χ3v) is 3.63. The van der Waals surface area contributed by atoms with E-state index in [4.69, 9.17) is 9.47 Å². The Morgan fingerprint density at radius 2 is 1.87 bits per heavy atom. The van der Waals surface area contributed by atoms with Gasteiger partial charge in [-0.2, -0.15) is 0 Å². The molecule has 128 valence electrons. The molecule has 0 bridgehead atoms. The molecule has 1 aliphatic rings. The van der Waals surface area contributed by atoms with Crippen molar-refractivity contribution in [3.63, 3.8) is 0 Å². The van der Waals surface area contributed by atoms with Crippen LogP contribution in [0.25, 0.3) is 0 Å². The van der Waals surface area contributed by atoms with Gasteiger partial charge in [-0.1, -0.05) is 13.8 Å². The van der Waals surface area contributed by atoms with Crippen molar-refractivity contribution in [1.29, 1.82) is 0 Å². The van der Waals surface area contributed by atoms with Crippen LogP contribution >= 0.6 is 0 Å². The van der Waals surface area contributed by atoms with Crippen molar-refractivity contribution >= 4 is 6.16 Å². The van der Waals surface area contributed by atoms with Crippen LogP contribution in [0.1, 0.15) is 40.5 Å². The van der Waals surface area contributed by atoms with Gasteiger partial charge in [0.1, 0.15) is 22.0 Å². The average molecular weight is 328 g/mol. The summed E-state index contributed by atoms with van der Waals surface area (Å²) in [5.74, 6) is -0.148. The SMILES string of the molecule is CCC(C)C1=C(OC(=O)OC(C)C)C=CC([N+](=O)[O-])([N+](=O)[O-])C1. The monoisotopic (exact) mass is 328 g/mol. The van der Waals surface area contributed by atoms with Crippen LogP contribution in [0.4, 0.5) is 4.79 Å². The molecule has 0 radical (unpaired) electrons. The summed E-state index contributed by atoms with van der Waals surface area (Å²) in [6, 6.07) is 0. The molecule has 0 N–H and O–H groups in total. The van der Waals surface area contributed by atoms with Gasteiger partial charge < -0.3 is 9.47 Å². The van der Waals surface area contributed by atoms with Crippen LogP contribution in [-0.2, 0) is 9.47 Å². The minimum Gasteiger partial charge on any atom is -0.431 e. The summed E-state index contributed by atoms with van der Waals surface area (Å²) < 4.78 is 9.94. The molecule has 1 aliphatic carbocycles. The van der Waals surface area contributed by atoms with Crippen molar-refractivity contribution < 1.29 is 24.1 Å². The van der Waals surface area contributed by atoms with Gasteiger partial charge in [-0.05, 0) is 37.8 Å². The van der Waals surface area contributed by atoms with Crippen LogP contribution in [0.15, 0.2) is 23.5 Å². The number of nitro groups is 2. The smallest absolute Gasteiger partial charge is 0.431 e. The van der Waals surface area contributed by atoms with Crippen LogP contribution in [0.3, 0.4) is 0 Å². The van der Waals surface area contributed by atoms with Gasteiger partial charge >= 0.3 is 11.8 Å². The minimum absolute atomic E-state index is 0.0734. The highest BCUT2D eigenvalue weighted by molar-refractivity contribution is 5.62. The molecule has 1 rings (SSSR count). The van der Waals surface area contributed by atoms with Crippen LogP contribution < -0.4 is 0 Å². The number of hydrogen-bond acceptors (Lipinski definition) is 7. The summed E-state index contributed by atoms with van der Waals surface area (Å²) in [5.41, 5.74) is -2.09. The van der Waals surface area contributed by atoms with Gasteiger partial charge in [0.2, 0.25) is 0 Å². The molecule has 0 aliphatic heterocycles. The Morgan fingerprint density at radius 3 is 2.30 bits per heavy atom. The molecule has 1 unspecified atom stereocenters. The maximum atomic E-state index is 11.6. The Labute approximate surface area is 133 Å². The van der Waals surface area contributed by atoms with Gasteiger partial charge in [0.25, 0.3) is 0 Å². The second kappa shape index (κ2) is 7.21. The third kappa shape index (κ3) is 4.05. The fourth-order valence-electron chi connectivity index (χ4n) is 2.13. The zero-order valence-corrected chi connectivity index (χ0v) is 13.5. The minimum atomic E-state index is -2.44. The highest BCUT2D eigenvalue weighted by Crippen LogP contribution is 2.36. The first-order chi connectivity index (χ1) is 10.6. The quantitative estimate of drug-likeness (QED) is 0.318. The molecule has 9 nitrogen and oxygen atoms in total. The molecule has 23 heavy (non-hydrogen) atoms. The van der Waals surface area contributed by atoms with Gasteiger partial charge in [-0.25, -0.2) is 4.79 Å². The maximum absolute atomic E-state index is 11.6. The van der Waals surface area contributed by atoms with Crippen molar-refractivity contribution in [2.45, 2.75) is 52.3 Å². The molecule has 0 saturated heterocycles. The van der Waals surface area contributed by atoms with E-state index >= 15 is 0 Å². The van der Waals surface area contributed by atoms with E-state index in [0.717, 1.165) is 12.2 Å². The lowest BCUT2D eigenvalue weighted by Gasteiger charge is -2.24. The number of allylic oxidation sites excluding steroid dienone is 1. The van der Waals surface area contributed by atoms with Crippen LogP contribution in [0, 0.1) is 26.1 Å². The first-order valence-electron chi connectivity index (χ1n) is 7.23. The molecular formula is C14H20N2O7. The van der Waals surface area contributed by atoms with E-state index < -0.39 is 28.1 Å². The summed E-state index contributed by atoms with van der Waals surface area (Å²) in [6.45, 7) is 6.88. The van der Waals surface area contributed by atoms with E-state index in [2.05, 4.69) is 0 Å². The molecule has 0 heterocycles. The number of rotatable bonds is 6. The molecule has 0 spiro atoms. The Hall–Kier alpha value is -2.45. The number of carbonyl (C=O) groups excluding carboxylic acids is 1. The van der Waals surface area contributed by atoms with Gasteiger partial charge in [0.05, 0.1) is 12.2 Å². The van der Waals surface area contributed by atoms with Crippen molar-refractivity contribution in [1.82, 2.24) is 0 Å². The molecule has 0 fully saturated rings. The van der Waals surface area contributed by atoms with Crippen molar-refractivity contribution in [3.05, 3.63) is 43.7 Å². The molecule has 0 saturated carbocycles. The average Bonchev–Trinajstić information content (AvgIpc) is 2.45. The van der Waals surface area contributed by atoms with Crippen molar-refractivity contribution in [3.8, 4) is 0 Å². The van der Waals surface area contributed by atoms with Crippen molar-refractivity contribution in [2.24, 2.45) is 5.92 Å². The van der Waals surface area contributed by atoms with E-state index in [9.17, 15) is 25.0 Å². The van der Waals surface area contributed by atoms with Gasteiger partial charge in [-0.3, -0.25) is 20.2 Å². The van der Waals surface area contributed by atoms with Crippen LogP contribution in [0.5, 0.6) is 0 Å². The lowest BCUT2D eigenvalue weighted by Crippen LogP contribution is -2.46. The summed E-state index contributed by atoms with van der Waals surface area (Å²) >= 11 is 0. The van der Waals surface area contributed by atoms with E-state index in [1.165, 1.54) is 0 Å². The normalized spacial score (nSPS) is 17.8. The van der Waals surface area contributed by atoms with E-state index in [1.54, 1.807) is 20.8 Å². The highest BCUT2D eigenvalue weighted by Gasteiger charge is 2.56. The van der Waals surface area contributed by atoms with Gasteiger partial charge in [0, 0.05) is 0 Å². The Bertz CT molecular complexity index is 551. The van der Waals surface area contributed by atoms with E-state index in [1.807, 2.05) is 6.92 Å². The number of nitrogens with zero attached hydrogens (tertiary/aromatic N) is 2. The Balaban J connectivity index is 3.18. The topological polar surface area (TPSA) is 122 Å². The fourth-order valence-corrected chi connectivity index (χ4v) is 2.13. The van der Waals surface area contributed by atoms with E-state index in [-0.39, 0.29) is 17.8 Å². The lowest BCUT2D eigenvalue weighted by molar-refractivity contribution is -0.780. The Kier molecular flexibility index (Phi) is 5.83. The first-order valence-corrected chi connectivity index (χ1v) is 7.23. The van der Waals surface area contributed by atoms with Gasteiger partial charge in [-0.15, -0.1) is 0 Å². The lowest BCUT2D eigenvalue weighted by atomic mass is 9.85. The second-order valence-electron chi connectivity index (χ2n) is 5.62. The number of carbonyl (C=O) groups is 1. The van der Waals surface area contributed by atoms with Crippen LogP contribution in [-0.4, -0.2) is 27.8 Å². The van der Waals surface area contributed by atoms with Crippen LogP contribution in [0.2, 0.25) is 0 Å². The molecule has 0 aromatic rings. The van der Waals surface area contributed by atoms with E-state index in [0.29, 0.717) is 12.0 Å². The standard InChI is InChI=1S/C14H20N2O7/c1-5-10(4)11-8-14(15(18)19,16(20)21)7-6-12(11)23-13(17)22-9(2)3/h6-7,9-10H,5,8H2,1-4H3. The molecule has 0 aromatic carbocycles. The number of hydrogen-bond donors (Lipinski definition) is 0. The third-order valence-electron chi connectivity index (χ3n) is 3.63. The molecule has 0 amide bonds. The summed E-state index contributed by atoms with van der Waals surface area (Å²) in [6.07, 6.45) is 0.744. The van der Waals surface area contributed by atoms with Crippen molar-refractivity contribution in [2.75, 3.05) is 0 Å². The summed E-state index contributed by atoms with van der Waals surface area (Å²) in [7, 11) is 0. The zero-order chi connectivity index (χ0) is 17.8. The largest absolute Gasteiger partial charge is 0.514 e. The molecule has 1 atom stereocenters. The zero-order valence-electron chi connectivity index (χ0n) is 13.5. The predicted molar refractivity (Wildman–Crippen MR) is 79.7 cm³/mol. The summed E-state index contributed by atoms with van der Waals surface area (Å²) in [4.78, 5) is 32.2. The predicted octanol–water partition coefficient (Wildman–Crippen LogP) is 3.06. The Morgan fingerprint density at radius 1 is 1.30 bits per heavy atom. The molecule has 9 heteroatoms. The second-order valence-corrected chi connectivity index (χ2v) is 5.62. The number of ether oxygens (including phenoxy) is 2. The summed E-state index contributed by atoms with van der Waals surface area (Å²) in [5, 5.41) is 22.4. The fraction of sp³-hybridized carbons (Fsp3) is 0.643. The highest BCUT2D eigenvalue weighted by atomic mass is 16.7. The maximum Gasteiger partial charge on any atom is 0.514 e. The molecule has 0 aromatic heterocycles. The first kappa shape index (κ1) is 18.6. The van der Waals surface area contributed by atoms with Gasteiger partial charge in [0.15, 0.2) is 0 Å².